The lowest BCUT2D eigenvalue weighted by Gasteiger charge is -2.19. The number of ether oxygens (including phenoxy) is 1. The van der Waals surface area contributed by atoms with Gasteiger partial charge in [0, 0.05) is 19.0 Å². The number of nitrogens with zero attached hydrogens (tertiary/aromatic N) is 1. The molecule has 0 aromatic carbocycles. The summed E-state index contributed by atoms with van der Waals surface area (Å²) in [4.78, 5) is 23.8. The summed E-state index contributed by atoms with van der Waals surface area (Å²) in [5.74, 6) is -0.0270. The highest BCUT2D eigenvalue weighted by molar-refractivity contribution is 6.27. The Morgan fingerprint density at radius 3 is 2.57 bits per heavy atom. The molecule has 4 nitrogen and oxygen atoms in total. The monoisotopic (exact) mass is 219 g/mol. The van der Waals surface area contributed by atoms with E-state index in [2.05, 4.69) is 4.74 Å². The van der Waals surface area contributed by atoms with Crippen LogP contribution in [-0.2, 0) is 9.53 Å². The van der Waals surface area contributed by atoms with Crippen LogP contribution in [0.3, 0.4) is 0 Å². The molecule has 0 unspecified atom stereocenters. The van der Waals surface area contributed by atoms with Gasteiger partial charge in [-0.1, -0.05) is 0 Å². The van der Waals surface area contributed by atoms with Crippen LogP contribution in [0.4, 0.5) is 4.79 Å². The van der Waals surface area contributed by atoms with Gasteiger partial charge in [0.1, 0.15) is 5.78 Å². The Labute approximate surface area is 88.2 Å². The molecule has 1 aliphatic rings. The van der Waals surface area contributed by atoms with Gasteiger partial charge in [-0.15, -0.1) is 11.6 Å². The smallest absolute Gasteiger partial charge is 0.409 e. The van der Waals surface area contributed by atoms with Gasteiger partial charge in [-0.25, -0.2) is 4.79 Å². The zero-order chi connectivity index (χ0) is 10.6. The van der Waals surface area contributed by atoms with Crippen LogP contribution < -0.4 is 0 Å². The summed E-state index contributed by atoms with van der Waals surface area (Å²) in [6.07, 6.45) is 1.97. The number of hydrogen-bond donors (Lipinski definition) is 0. The topological polar surface area (TPSA) is 46.6 Å². The van der Waals surface area contributed by atoms with Gasteiger partial charge in [0.15, 0.2) is 0 Å². The van der Waals surface area contributed by atoms with E-state index in [9.17, 15) is 9.59 Å². The maximum atomic E-state index is 11.3. The molecule has 0 bridgehead atoms. The number of halogens is 1. The molecular weight excluding hydrogens is 206 g/mol. The van der Waals surface area contributed by atoms with Gasteiger partial charge >= 0.3 is 6.09 Å². The highest BCUT2D eigenvalue weighted by atomic mass is 35.5. The van der Waals surface area contributed by atoms with Gasteiger partial charge < -0.3 is 9.64 Å². The van der Waals surface area contributed by atoms with Crippen molar-refractivity contribution in [3.63, 3.8) is 0 Å². The molecule has 1 rings (SSSR count). The fourth-order valence-corrected chi connectivity index (χ4v) is 1.37. The number of ketones is 1. The highest BCUT2D eigenvalue weighted by Crippen LogP contribution is 2.27. The lowest BCUT2D eigenvalue weighted by Crippen LogP contribution is -2.34. The van der Waals surface area contributed by atoms with Crippen molar-refractivity contribution in [3.05, 3.63) is 0 Å². The zero-order valence-electron chi connectivity index (χ0n) is 8.16. The Morgan fingerprint density at radius 2 is 2.14 bits per heavy atom. The number of rotatable bonds is 5. The summed E-state index contributed by atoms with van der Waals surface area (Å²) < 4.78 is 4.62. The van der Waals surface area contributed by atoms with Crippen molar-refractivity contribution >= 4 is 23.5 Å². The van der Waals surface area contributed by atoms with E-state index in [1.54, 1.807) is 4.90 Å². The number of carbonyl (C=O) groups is 2. The first kappa shape index (κ1) is 11.3. The van der Waals surface area contributed by atoms with Crippen molar-refractivity contribution < 1.29 is 14.3 Å². The number of Topliss-reactive ketones (excluding diaryl/α,β-unsaturated/α-hetero) is 1. The van der Waals surface area contributed by atoms with E-state index in [1.165, 1.54) is 7.11 Å². The summed E-state index contributed by atoms with van der Waals surface area (Å²) in [5, 5.41) is 0. The first-order valence-corrected chi connectivity index (χ1v) is 5.14. The van der Waals surface area contributed by atoms with Crippen molar-refractivity contribution in [2.24, 2.45) is 0 Å². The first-order valence-electron chi connectivity index (χ1n) is 4.61. The largest absolute Gasteiger partial charge is 0.453 e. The van der Waals surface area contributed by atoms with Crippen LogP contribution in [0.25, 0.3) is 0 Å². The summed E-state index contributed by atoms with van der Waals surface area (Å²) in [6.45, 7) is 0.420. The lowest BCUT2D eigenvalue weighted by atomic mass is 10.3. The average molecular weight is 220 g/mol. The van der Waals surface area contributed by atoms with E-state index in [0.29, 0.717) is 13.0 Å². The molecule has 5 heteroatoms. The van der Waals surface area contributed by atoms with Gasteiger partial charge in [-0.2, -0.15) is 0 Å². The Kier molecular flexibility index (Phi) is 4.20. The third-order valence-corrected chi connectivity index (χ3v) is 2.48. The third-order valence-electron chi connectivity index (χ3n) is 2.18. The number of alkyl halides is 1. The number of hydrogen-bond acceptors (Lipinski definition) is 3. The molecule has 1 amide bonds. The predicted molar refractivity (Wildman–Crippen MR) is 52.5 cm³/mol. The molecule has 14 heavy (non-hydrogen) atoms. The standard InChI is InChI=1S/C9H14ClNO3/c1-14-9(13)11(7-2-3-7)5-4-8(12)6-10/h7H,2-6H2,1H3. The van der Waals surface area contributed by atoms with Gasteiger partial charge in [0.25, 0.3) is 0 Å². The predicted octanol–water partition coefficient (Wildman–Crippen LogP) is 1.42. The minimum absolute atomic E-state index is 0.0136. The molecule has 1 saturated carbocycles. The van der Waals surface area contributed by atoms with Crippen LogP contribution >= 0.6 is 11.6 Å². The van der Waals surface area contributed by atoms with Crippen LogP contribution in [0.15, 0.2) is 0 Å². The summed E-state index contributed by atoms with van der Waals surface area (Å²) in [7, 11) is 1.35. The molecule has 0 saturated heterocycles. The minimum Gasteiger partial charge on any atom is -0.453 e. The van der Waals surface area contributed by atoms with Crippen LogP contribution in [0.1, 0.15) is 19.3 Å². The van der Waals surface area contributed by atoms with Gasteiger partial charge in [-0.3, -0.25) is 4.79 Å². The van der Waals surface area contributed by atoms with E-state index in [0.717, 1.165) is 12.8 Å². The average Bonchev–Trinajstić information content (AvgIpc) is 3.01. The second-order valence-electron chi connectivity index (χ2n) is 3.32. The Balaban J connectivity index is 2.35. The van der Waals surface area contributed by atoms with E-state index in [4.69, 9.17) is 11.6 Å². The molecule has 0 atom stereocenters. The van der Waals surface area contributed by atoms with E-state index in [1.807, 2.05) is 0 Å². The Morgan fingerprint density at radius 1 is 1.50 bits per heavy atom. The second kappa shape index (κ2) is 5.20. The van der Waals surface area contributed by atoms with Crippen molar-refractivity contribution in [3.8, 4) is 0 Å². The van der Waals surface area contributed by atoms with Crippen molar-refractivity contribution in [2.45, 2.75) is 25.3 Å². The molecule has 0 aromatic heterocycles. The quantitative estimate of drug-likeness (QED) is 0.657. The fourth-order valence-electron chi connectivity index (χ4n) is 1.24. The van der Waals surface area contributed by atoms with Crippen molar-refractivity contribution in [1.29, 1.82) is 0 Å². The molecule has 0 heterocycles. The number of carbonyl (C=O) groups excluding carboxylic acids is 2. The highest BCUT2D eigenvalue weighted by Gasteiger charge is 2.33. The SMILES string of the molecule is COC(=O)N(CCC(=O)CCl)C1CC1. The zero-order valence-corrected chi connectivity index (χ0v) is 8.92. The summed E-state index contributed by atoms with van der Waals surface area (Å²) >= 11 is 5.36. The number of amides is 1. The number of methoxy groups -OCH3 is 1. The van der Waals surface area contributed by atoms with E-state index < -0.39 is 0 Å². The van der Waals surface area contributed by atoms with E-state index >= 15 is 0 Å². The third kappa shape index (κ3) is 3.18. The molecule has 1 aliphatic carbocycles. The second-order valence-corrected chi connectivity index (χ2v) is 3.58. The Bertz CT molecular complexity index is 228. The molecule has 0 radical (unpaired) electrons. The summed E-state index contributed by atoms with van der Waals surface area (Å²) in [6, 6.07) is 0.269. The van der Waals surface area contributed by atoms with Gasteiger partial charge in [0.05, 0.1) is 13.0 Å². The Hall–Kier alpha value is -0.770. The fraction of sp³-hybridized carbons (Fsp3) is 0.778. The molecule has 0 aliphatic heterocycles. The molecule has 80 valence electrons. The lowest BCUT2D eigenvalue weighted by molar-refractivity contribution is -0.116. The normalized spacial score (nSPS) is 15.0. The minimum atomic E-state index is -0.352. The maximum absolute atomic E-state index is 11.3. The van der Waals surface area contributed by atoms with Gasteiger partial charge in [0.2, 0.25) is 0 Å². The van der Waals surface area contributed by atoms with Crippen molar-refractivity contribution in [2.75, 3.05) is 19.5 Å². The summed E-state index contributed by atoms with van der Waals surface area (Å²) in [5.41, 5.74) is 0. The van der Waals surface area contributed by atoms with Crippen LogP contribution in [0, 0.1) is 0 Å². The van der Waals surface area contributed by atoms with Crippen LogP contribution in [-0.4, -0.2) is 42.4 Å². The van der Waals surface area contributed by atoms with E-state index in [-0.39, 0.29) is 23.8 Å². The maximum Gasteiger partial charge on any atom is 0.409 e. The molecule has 1 fully saturated rings. The molecule has 0 aromatic rings. The van der Waals surface area contributed by atoms with Crippen LogP contribution in [0.2, 0.25) is 0 Å². The molecule has 0 spiro atoms. The van der Waals surface area contributed by atoms with Crippen molar-refractivity contribution in [1.82, 2.24) is 4.90 Å². The van der Waals surface area contributed by atoms with Crippen LogP contribution in [0.5, 0.6) is 0 Å². The van der Waals surface area contributed by atoms with Gasteiger partial charge in [-0.05, 0) is 12.8 Å². The molecular formula is C9H14ClNO3. The first-order chi connectivity index (χ1) is 6.69. The molecule has 0 N–H and O–H groups in total.